The summed E-state index contributed by atoms with van der Waals surface area (Å²) in [5.41, 5.74) is 1.85. The minimum absolute atomic E-state index is 0.0164. The van der Waals surface area contributed by atoms with E-state index in [0.29, 0.717) is 25.8 Å². The highest BCUT2D eigenvalue weighted by atomic mass is 16.5. The molecule has 1 aromatic heterocycles. The monoisotopic (exact) mass is 339 g/mol. The summed E-state index contributed by atoms with van der Waals surface area (Å²) in [6.45, 7) is 0.490. The minimum Gasteiger partial charge on any atom is -0.497 e. The topological polar surface area (TPSA) is 71.5 Å². The Kier molecular flexibility index (Phi) is 5.28. The molecule has 1 fully saturated rings. The Balaban J connectivity index is 1.52. The summed E-state index contributed by atoms with van der Waals surface area (Å²) in [7, 11) is 1.60. The molecule has 1 aromatic carbocycles. The summed E-state index contributed by atoms with van der Waals surface area (Å²) in [6.07, 6.45) is 4.82. The first-order valence-electron chi connectivity index (χ1n) is 8.28. The molecule has 1 saturated heterocycles. The van der Waals surface area contributed by atoms with Crippen molar-refractivity contribution in [3.8, 4) is 5.75 Å². The van der Waals surface area contributed by atoms with Gasteiger partial charge in [0.15, 0.2) is 0 Å². The van der Waals surface area contributed by atoms with Crippen LogP contribution in [0.3, 0.4) is 0 Å². The van der Waals surface area contributed by atoms with Crippen molar-refractivity contribution in [2.75, 3.05) is 18.6 Å². The molecule has 0 unspecified atom stereocenters. The number of aryl methyl sites for hydroxylation is 1. The molecule has 0 saturated carbocycles. The van der Waals surface area contributed by atoms with E-state index in [4.69, 9.17) is 4.74 Å². The smallest absolute Gasteiger partial charge is 0.229 e. The third kappa shape index (κ3) is 4.35. The molecule has 2 amide bonds. The Labute approximate surface area is 146 Å². The van der Waals surface area contributed by atoms with Crippen LogP contribution in [0.25, 0.3) is 0 Å². The fourth-order valence-corrected chi connectivity index (χ4v) is 2.92. The van der Waals surface area contributed by atoms with Gasteiger partial charge >= 0.3 is 0 Å². The van der Waals surface area contributed by atoms with Crippen molar-refractivity contribution in [2.45, 2.75) is 25.3 Å². The van der Waals surface area contributed by atoms with Crippen LogP contribution in [-0.4, -0.2) is 36.5 Å². The quantitative estimate of drug-likeness (QED) is 0.873. The highest BCUT2D eigenvalue weighted by Crippen LogP contribution is 2.24. The molecule has 3 rings (SSSR count). The molecule has 1 atom stereocenters. The van der Waals surface area contributed by atoms with E-state index in [1.165, 1.54) is 0 Å². The van der Waals surface area contributed by atoms with Gasteiger partial charge in [0, 0.05) is 37.5 Å². The molecule has 6 nitrogen and oxygen atoms in total. The number of hydrogen-bond acceptors (Lipinski definition) is 4. The van der Waals surface area contributed by atoms with Gasteiger partial charge in [0.25, 0.3) is 0 Å². The van der Waals surface area contributed by atoms with Crippen LogP contribution in [0.15, 0.2) is 48.8 Å². The standard InChI is InChI=1S/C19H21N3O3/c1-25-17-7-5-16(6-8-17)22-13-15(11-19(22)24)21-18(23)9-4-14-3-2-10-20-12-14/h2-3,5-8,10,12,15H,4,9,11,13H2,1H3,(H,21,23)/t15-/m1/s1. The van der Waals surface area contributed by atoms with Gasteiger partial charge in [-0.1, -0.05) is 6.07 Å². The van der Waals surface area contributed by atoms with E-state index in [9.17, 15) is 9.59 Å². The minimum atomic E-state index is -0.156. The molecule has 2 aromatic rings. The van der Waals surface area contributed by atoms with Gasteiger partial charge in [-0.15, -0.1) is 0 Å². The number of aromatic nitrogens is 1. The molecule has 2 heterocycles. The number of amides is 2. The Morgan fingerprint density at radius 3 is 2.80 bits per heavy atom. The molecular weight excluding hydrogens is 318 g/mol. The number of carbonyl (C=O) groups excluding carboxylic acids is 2. The van der Waals surface area contributed by atoms with Crippen molar-refractivity contribution < 1.29 is 14.3 Å². The van der Waals surface area contributed by atoms with Crippen molar-refractivity contribution in [2.24, 2.45) is 0 Å². The van der Waals surface area contributed by atoms with Gasteiger partial charge in [-0.25, -0.2) is 0 Å². The number of pyridine rings is 1. The van der Waals surface area contributed by atoms with E-state index in [1.54, 1.807) is 24.4 Å². The van der Waals surface area contributed by atoms with Gasteiger partial charge in [0.05, 0.1) is 13.2 Å². The zero-order valence-corrected chi connectivity index (χ0v) is 14.1. The molecule has 0 aliphatic carbocycles. The number of nitrogens with zero attached hydrogens (tertiary/aromatic N) is 2. The van der Waals surface area contributed by atoms with Crippen molar-refractivity contribution in [3.05, 3.63) is 54.4 Å². The highest BCUT2D eigenvalue weighted by Gasteiger charge is 2.31. The molecule has 6 heteroatoms. The molecular formula is C19H21N3O3. The fraction of sp³-hybridized carbons (Fsp3) is 0.316. The SMILES string of the molecule is COc1ccc(N2C[C@H](NC(=O)CCc3cccnc3)CC2=O)cc1. The van der Waals surface area contributed by atoms with Gasteiger partial charge in [0.2, 0.25) is 11.8 Å². The van der Waals surface area contributed by atoms with Crippen molar-refractivity contribution in [3.63, 3.8) is 0 Å². The summed E-state index contributed by atoms with van der Waals surface area (Å²) < 4.78 is 5.13. The van der Waals surface area contributed by atoms with Crippen LogP contribution >= 0.6 is 0 Å². The average Bonchev–Trinajstić information content (AvgIpc) is 3.01. The Hall–Kier alpha value is -2.89. The molecule has 0 radical (unpaired) electrons. The van der Waals surface area contributed by atoms with Crippen LogP contribution in [0.2, 0.25) is 0 Å². The average molecular weight is 339 g/mol. The second-order valence-corrected chi connectivity index (χ2v) is 6.03. The van der Waals surface area contributed by atoms with Crippen LogP contribution in [0.4, 0.5) is 5.69 Å². The Morgan fingerprint density at radius 1 is 1.32 bits per heavy atom. The molecule has 0 bridgehead atoms. The number of hydrogen-bond donors (Lipinski definition) is 1. The zero-order valence-electron chi connectivity index (χ0n) is 14.1. The van der Waals surface area contributed by atoms with E-state index in [-0.39, 0.29) is 17.9 Å². The number of carbonyl (C=O) groups is 2. The molecule has 25 heavy (non-hydrogen) atoms. The van der Waals surface area contributed by atoms with Crippen LogP contribution in [0.1, 0.15) is 18.4 Å². The first-order chi connectivity index (χ1) is 12.2. The predicted octanol–water partition coefficient (Wildman–Crippen LogP) is 1.94. The predicted molar refractivity (Wildman–Crippen MR) is 94.5 cm³/mol. The van der Waals surface area contributed by atoms with Gasteiger partial charge in [-0.05, 0) is 42.3 Å². The zero-order chi connectivity index (χ0) is 17.6. The van der Waals surface area contributed by atoms with Crippen LogP contribution in [0.5, 0.6) is 5.75 Å². The molecule has 1 aliphatic heterocycles. The molecule has 130 valence electrons. The first-order valence-corrected chi connectivity index (χ1v) is 8.28. The number of nitrogens with one attached hydrogen (secondary N) is 1. The van der Waals surface area contributed by atoms with E-state index >= 15 is 0 Å². The van der Waals surface area contributed by atoms with Crippen LogP contribution < -0.4 is 15.0 Å². The summed E-state index contributed by atoms with van der Waals surface area (Å²) in [5.74, 6) is 0.719. The normalized spacial score (nSPS) is 16.8. The lowest BCUT2D eigenvalue weighted by atomic mass is 10.1. The molecule has 0 spiro atoms. The third-order valence-electron chi connectivity index (χ3n) is 4.24. The van der Waals surface area contributed by atoms with Crippen LogP contribution in [-0.2, 0) is 16.0 Å². The number of methoxy groups -OCH3 is 1. The fourth-order valence-electron chi connectivity index (χ4n) is 2.92. The van der Waals surface area contributed by atoms with Crippen LogP contribution in [0, 0.1) is 0 Å². The maximum atomic E-state index is 12.2. The largest absolute Gasteiger partial charge is 0.497 e. The lowest BCUT2D eigenvalue weighted by Crippen LogP contribution is -2.37. The summed E-state index contributed by atoms with van der Waals surface area (Å²) >= 11 is 0. The number of ether oxygens (including phenoxy) is 1. The lowest BCUT2D eigenvalue weighted by molar-refractivity contribution is -0.121. The number of benzene rings is 1. The number of anilines is 1. The van der Waals surface area contributed by atoms with E-state index in [1.807, 2.05) is 36.4 Å². The third-order valence-corrected chi connectivity index (χ3v) is 4.24. The Bertz CT molecular complexity index is 731. The Morgan fingerprint density at radius 2 is 2.12 bits per heavy atom. The summed E-state index contributed by atoms with van der Waals surface area (Å²) in [4.78, 5) is 30.1. The first kappa shape index (κ1) is 17.0. The highest BCUT2D eigenvalue weighted by molar-refractivity contribution is 5.96. The van der Waals surface area contributed by atoms with Gasteiger partial charge < -0.3 is 15.0 Å². The maximum absolute atomic E-state index is 12.2. The number of rotatable bonds is 6. The second kappa shape index (κ2) is 7.79. The van der Waals surface area contributed by atoms with E-state index in [2.05, 4.69) is 10.3 Å². The van der Waals surface area contributed by atoms with Crippen molar-refractivity contribution in [1.82, 2.24) is 10.3 Å². The van der Waals surface area contributed by atoms with Crippen molar-refractivity contribution in [1.29, 1.82) is 0 Å². The second-order valence-electron chi connectivity index (χ2n) is 6.03. The van der Waals surface area contributed by atoms with Gasteiger partial charge in [0.1, 0.15) is 5.75 Å². The van der Waals surface area contributed by atoms with E-state index in [0.717, 1.165) is 17.0 Å². The maximum Gasteiger partial charge on any atom is 0.229 e. The molecule has 1 N–H and O–H groups in total. The van der Waals surface area contributed by atoms with Gasteiger partial charge in [-0.2, -0.15) is 0 Å². The van der Waals surface area contributed by atoms with Crippen molar-refractivity contribution >= 4 is 17.5 Å². The summed E-state index contributed by atoms with van der Waals surface area (Å²) in [6, 6.07) is 11.0. The lowest BCUT2D eigenvalue weighted by Gasteiger charge is -2.17. The summed E-state index contributed by atoms with van der Waals surface area (Å²) in [5, 5.41) is 2.96. The van der Waals surface area contributed by atoms with E-state index < -0.39 is 0 Å². The van der Waals surface area contributed by atoms with Gasteiger partial charge in [-0.3, -0.25) is 14.6 Å². The molecule has 1 aliphatic rings.